The number of hydrogen-bond donors (Lipinski definition) is 3. The molecule has 3 heterocycles. The highest BCUT2D eigenvalue weighted by Crippen LogP contribution is 2.31. The van der Waals surface area contributed by atoms with E-state index in [9.17, 15) is 18.0 Å². The zero-order chi connectivity index (χ0) is 22.3. The van der Waals surface area contributed by atoms with Crippen LogP contribution >= 0.6 is 0 Å². The van der Waals surface area contributed by atoms with E-state index in [0.29, 0.717) is 18.5 Å². The fourth-order valence-corrected chi connectivity index (χ4v) is 2.66. The summed E-state index contributed by atoms with van der Waals surface area (Å²) in [5, 5.41) is 11.1. The van der Waals surface area contributed by atoms with E-state index in [4.69, 9.17) is 0 Å². The maximum Gasteiger partial charge on any atom is 0.432 e. The zero-order valence-corrected chi connectivity index (χ0v) is 17.6. The standard InChI is InChI=1S/C12H17N5O.C4H3F3N2.C3H8/c1-7-10-11(17(2)6-9(18)15-10)16-12(13-7)14-8-4-3-5-8;5-4(6,7)3-1-2-8-9-3;1-3-2/h8H,3-6H2,1-2H3,(H,15,18)(H,13,14,16);1-2H,(H,8,9);3H2,1-2H3. The molecule has 0 saturated heterocycles. The summed E-state index contributed by atoms with van der Waals surface area (Å²) in [6.45, 7) is 6.48. The zero-order valence-electron chi connectivity index (χ0n) is 17.6. The Morgan fingerprint density at radius 2 is 1.93 bits per heavy atom. The number of aromatic nitrogens is 4. The first-order valence-corrected chi connectivity index (χ1v) is 9.88. The Morgan fingerprint density at radius 3 is 2.40 bits per heavy atom. The van der Waals surface area contributed by atoms with Crippen molar-refractivity contribution >= 4 is 23.4 Å². The molecule has 0 radical (unpaired) electrons. The Kier molecular flexibility index (Phi) is 8.01. The number of amides is 1. The number of carbonyl (C=O) groups is 1. The van der Waals surface area contributed by atoms with Gasteiger partial charge in [-0.1, -0.05) is 20.3 Å². The van der Waals surface area contributed by atoms with Gasteiger partial charge >= 0.3 is 6.18 Å². The third-order valence-electron chi connectivity index (χ3n) is 4.32. The van der Waals surface area contributed by atoms with Crippen LogP contribution in [0, 0.1) is 6.92 Å². The molecule has 8 nitrogen and oxygen atoms in total. The van der Waals surface area contributed by atoms with E-state index >= 15 is 0 Å². The van der Waals surface area contributed by atoms with E-state index in [-0.39, 0.29) is 5.91 Å². The smallest absolute Gasteiger partial charge is 0.351 e. The van der Waals surface area contributed by atoms with E-state index < -0.39 is 11.9 Å². The minimum atomic E-state index is -4.30. The minimum absolute atomic E-state index is 0.0172. The van der Waals surface area contributed by atoms with Gasteiger partial charge in [-0.2, -0.15) is 23.3 Å². The SMILES string of the molecule is CCC.Cc1nc(NC2CCC2)nc2c1NC(=O)CN2C.FC(F)(F)c1ccn[nH]1. The number of H-pyrrole nitrogens is 1. The molecule has 2 aromatic rings. The average Bonchev–Trinajstić information content (AvgIpc) is 3.16. The Labute approximate surface area is 173 Å². The van der Waals surface area contributed by atoms with E-state index in [0.717, 1.165) is 29.5 Å². The first-order valence-electron chi connectivity index (χ1n) is 9.88. The van der Waals surface area contributed by atoms with Crippen LogP contribution < -0.4 is 15.5 Å². The molecule has 1 amide bonds. The van der Waals surface area contributed by atoms with Gasteiger partial charge in [0.25, 0.3) is 0 Å². The summed E-state index contributed by atoms with van der Waals surface area (Å²) in [4.78, 5) is 22.3. The van der Waals surface area contributed by atoms with Crippen molar-refractivity contribution in [2.45, 2.75) is 58.7 Å². The van der Waals surface area contributed by atoms with Crippen LogP contribution in [-0.2, 0) is 11.0 Å². The lowest BCUT2D eigenvalue weighted by Crippen LogP contribution is -2.37. The van der Waals surface area contributed by atoms with Gasteiger partial charge in [0.1, 0.15) is 11.4 Å². The number of likely N-dealkylation sites (N-methyl/N-ethyl adjacent to an activating group) is 1. The molecule has 2 aromatic heterocycles. The lowest BCUT2D eigenvalue weighted by molar-refractivity contribution is -0.141. The number of nitrogens with zero attached hydrogens (tertiary/aromatic N) is 4. The molecule has 166 valence electrons. The molecule has 0 bridgehead atoms. The van der Waals surface area contributed by atoms with E-state index in [1.807, 2.05) is 18.9 Å². The van der Waals surface area contributed by atoms with Gasteiger partial charge < -0.3 is 15.5 Å². The molecular weight excluding hydrogens is 399 g/mol. The van der Waals surface area contributed by atoms with Crippen LogP contribution in [0.1, 0.15) is 50.9 Å². The largest absolute Gasteiger partial charge is 0.432 e. The normalized spacial score (nSPS) is 15.6. The van der Waals surface area contributed by atoms with Crippen LogP contribution in [0.4, 0.5) is 30.6 Å². The number of anilines is 3. The quantitative estimate of drug-likeness (QED) is 0.671. The van der Waals surface area contributed by atoms with Gasteiger partial charge in [-0.05, 0) is 32.3 Å². The van der Waals surface area contributed by atoms with Crippen LogP contribution in [0.25, 0.3) is 0 Å². The van der Waals surface area contributed by atoms with Gasteiger partial charge in [-0.25, -0.2) is 4.98 Å². The second-order valence-corrected chi connectivity index (χ2v) is 7.18. The summed E-state index contributed by atoms with van der Waals surface area (Å²) in [5.41, 5.74) is 0.720. The van der Waals surface area contributed by atoms with Crippen molar-refractivity contribution in [3.63, 3.8) is 0 Å². The Bertz CT molecular complexity index is 820. The molecule has 3 N–H and O–H groups in total. The monoisotopic (exact) mass is 427 g/mol. The molecule has 1 saturated carbocycles. The van der Waals surface area contributed by atoms with Crippen LogP contribution in [0.3, 0.4) is 0 Å². The van der Waals surface area contributed by atoms with Gasteiger partial charge in [0.05, 0.1) is 12.2 Å². The minimum Gasteiger partial charge on any atom is -0.351 e. The number of carbonyl (C=O) groups excluding carboxylic acids is 1. The fraction of sp³-hybridized carbons (Fsp3) is 0.579. The average molecular weight is 427 g/mol. The number of rotatable bonds is 2. The maximum atomic E-state index is 11.5. The number of fused-ring (bicyclic) bond motifs is 1. The van der Waals surface area contributed by atoms with Crippen LogP contribution in [0.2, 0.25) is 0 Å². The number of halogens is 3. The highest BCUT2D eigenvalue weighted by Gasteiger charge is 2.31. The summed E-state index contributed by atoms with van der Waals surface area (Å²) in [6.07, 6.45) is 1.66. The topological polar surface area (TPSA) is 98.8 Å². The lowest BCUT2D eigenvalue weighted by Gasteiger charge is -2.30. The third-order valence-corrected chi connectivity index (χ3v) is 4.32. The van der Waals surface area contributed by atoms with Gasteiger partial charge in [-0.3, -0.25) is 9.89 Å². The van der Waals surface area contributed by atoms with Crippen molar-refractivity contribution in [3.05, 3.63) is 23.7 Å². The second kappa shape index (κ2) is 10.3. The number of alkyl halides is 3. The number of aryl methyl sites for hydroxylation is 1. The van der Waals surface area contributed by atoms with Gasteiger partial charge in [0.2, 0.25) is 11.9 Å². The molecule has 1 aliphatic carbocycles. The number of aromatic amines is 1. The van der Waals surface area contributed by atoms with Crippen molar-refractivity contribution in [1.29, 1.82) is 0 Å². The maximum absolute atomic E-state index is 11.5. The van der Waals surface area contributed by atoms with E-state index in [1.165, 1.54) is 25.7 Å². The molecule has 0 atom stereocenters. The van der Waals surface area contributed by atoms with Crippen molar-refractivity contribution in [2.24, 2.45) is 0 Å². The Balaban J connectivity index is 0.000000224. The fourth-order valence-electron chi connectivity index (χ4n) is 2.66. The highest BCUT2D eigenvalue weighted by molar-refractivity contribution is 6.00. The summed E-state index contributed by atoms with van der Waals surface area (Å²) in [5.74, 6) is 1.44. The van der Waals surface area contributed by atoms with Crippen molar-refractivity contribution < 1.29 is 18.0 Å². The number of hydrogen-bond acceptors (Lipinski definition) is 6. The first kappa shape index (κ1) is 23.4. The lowest BCUT2D eigenvalue weighted by atomic mass is 9.93. The molecule has 1 aliphatic heterocycles. The second-order valence-electron chi connectivity index (χ2n) is 7.18. The molecule has 0 unspecified atom stereocenters. The van der Waals surface area contributed by atoms with Gasteiger partial charge in [0.15, 0.2) is 5.82 Å². The van der Waals surface area contributed by atoms with Crippen LogP contribution in [0.15, 0.2) is 12.3 Å². The van der Waals surface area contributed by atoms with Gasteiger partial charge in [-0.15, -0.1) is 0 Å². The van der Waals surface area contributed by atoms with Crippen molar-refractivity contribution in [3.8, 4) is 0 Å². The van der Waals surface area contributed by atoms with Crippen molar-refractivity contribution in [1.82, 2.24) is 20.2 Å². The van der Waals surface area contributed by atoms with Crippen molar-refractivity contribution in [2.75, 3.05) is 29.1 Å². The van der Waals surface area contributed by atoms with Crippen LogP contribution in [0.5, 0.6) is 0 Å². The van der Waals surface area contributed by atoms with E-state index in [2.05, 4.69) is 39.5 Å². The number of nitrogens with one attached hydrogen (secondary N) is 3. The third kappa shape index (κ3) is 6.33. The van der Waals surface area contributed by atoms with Gasteiger partial charge in [0, 0.05) is 19.3 Å². The molecule has 0 spiro atoms. The van der Waals surface area contributed by atoms with Crippen LogP contribution in [-0.4, -0.2) is 45.7 Å². The molecule has 30 heavy (non-hydrogen) atoms. The molecular formula is C19H28F3N7O. The first-order chi connectivity index (χ1) is 14.2. The predicted molar refractivity (Wildman–Crippen MR) is 109 cm³/mol. The molecule has 2 aliphatic rings. The predicted octanol–water partition coefficient (Wildman–Crippen LogP) is 3.98. The summed E-state index contributed by atoms with van der Waals surface area (Å²) >= 11 is 0. The molecule has 11 heteroatoms. The summed E-state index contributed by atoms with van der Waals surface area (Å²) < 4.78 is 34.6. The molecule has 1 fully saturated rings. The Morgan fingerprint density at radius 1 is 1.27 bits per heavy atom. The molecule has 0 aromatic carbocycles. The highest BCUT2D eigenvalue weighted by atomic mass is 19.4. The summed E-state index contributed by atoms with van der Waals surface area (Å²) in [7, 11) is 1.87. The molecule has 4 rings (SSSR count). The Hall–Kier alpha value is -2.85. The summed E-state index contributed by atoms with van der Waals surface area (Å²) in [6, 6.07) is 1.38. The van der Waals surface area contributed by atoms with E-state index in [1.54, 1.807) is 5.10 Å².